The number of nitrogens with two attached hydrogens (primary N) is 1. The average molecular weight is 260 g/mol. The highest BCUT2D eigenvalue weighted by atomic mass is 16.5. The lowest BCUT2D eigenvalue weighted by molar-refractivity contribution is 0.000663. The maximum Gasteiger partial charge on any atom is 0.137 e. The zero-order valence-corrected chi connectivity index (χ0v) is 11.6. The molecule has 3 N–H and O–H groups in total. The van der Waals surface area contributed by atoms with Gasteiger partial charge >= 0.3 is 0 Å². The van der Waals surface area contributed by atoms with Gasteiger partial charge in [-0.25, -0.2) is 9.97 Å². The van der Waals surface area contributed by atoms with Crippen LogP contribution in [0.1, 0.15) is 20.8 Å². The van der Waals surface area contributed by atoms with Gasteiger partial charge in [0.05, 0.1) is 11.1 Å². The summed E-state index contributed by atoms with van der Waals surface area (Å²) in [6, 6.07) is 5.61. The van der Waals surface area contributed by atoms with Gasteiger partial charge in [-0.3, -0.25) is 0 Å². The van der Waals surface area contributed by atoms with Crippen LogP contribution in [0.2, 0.25) is 0 Å². The summed E-state index contributed by atoms with van der Waals surface area (Å²) in [7, 11) is 0. The molecule has 5 nitrogen and oxygen atoms in total. The molecule has 19 heavy (non-hydrogen) atoms. The van der Waals surface area contributed by atoms with Crippen molar-refractivity contribution in [3.8, 4) is 0 Å². The van der Waals surface area contributed by atoms with Crippen molar-refractivity contribution in [2.24, 2.45) is 0 Å². The van der Waals surface area contributed by atoms with Crippen LogP contribution in [-0.4, -0.2) is 28.7 Å². The zero-order valence-electron chi connectivity index (χ0n) is 11.6. The highest BCUT2D eigenvalue weighted by Gasteiger charge is 2.18. The maximum absolute atomic E-state index is 5.81. The first kappa shape index (κ1) is 13.5. The summed E-state index contributed by atoms with van der Waals surface area (Å²) in [5.41, 5.74) is 7.15. The number of hydrogen-bond acceptors (Lipinski definition) is 5. The molecule has 1 aromatic heterocycles. The van der Waals surface area contributed by atoms with Crippen molar-refractivity contribution in [1.29, 1.82) is 0 Å². The van der Waals surface area contributed by atoms with E-state index in [0.29, 0.717) is 18.8 Å². The number of ether oxygens (including phenoxy) is 1. The number of aromatic nitrogens is 2. The van der Waals surface area contributed by atoms with Crippen LogP contribution in [0.25, 0.3) is 10.9 Å². The van der Waals surface area contributed by atoms with Gasteiger partial charge in [0.1, 0.15) is 12.1 Å². The molecule has 0 amide bonds. The molecule has 0 spiro atoms. The molecule has 2 rings (SSSR count). The van der Waals surface area contributed by atoms with E-state index in [0.717, 1.165) is 16.7 Å². The molecule has 0 aliphatic carbocycles. The molecule has 0 radical (unpaired) electrons. The lowest BCUT2D eigenvalue weighted by Crippen LogP contribution is -2.33. The zero-order chi connectivity index (χ0) is 13.9. The Kier molecular flexibility index (Phi) is 3.85. The van der Waals surface area contributed by atoms with Crippen LogP contribution in [-0.2, 0) is 4.74 Å². The largest absolute Gasteiger partial charge is 0.399 e. The molecule has 0 aliphatic heterocycles. The number of nitrogens with zero attached hydrogens (tertiary/aromatic N) is 2. The fourth-order valence-electron chi connectivity index (χ4n) is 1.95. The summed E-state index contributed by atoms with van der Waals surface area (Å²) in [5, 5.41) is 4.23. The Labute approximate surface area is 113 Å². The lowest BCUT2D eigenvalue weighted by atomic mass is 10.1. The molecule has 0 saturated carbocycles. The van der Waals surface area contributed by atoms with Crippen molar-refractivity contribution in [3.05, 3.63) is 24.5 Å². The molecule has 0 saturated heterocycles. The molecule has 1 aromatic carbocycles. The van der Waals surface area contributed by atoms with Crippen molar-refractivity contribution in [3.63, 3.8) is 0 Å². The lowest BCUT2D eigenvalue weighted by Gasteiger charge is -2.25. The molecule has 0 aliphatic rings. The topological polar surface area (TPSA) is 73.1 Å². The van der Waals surface area contributed by atoms with Gasteiger partial charge in [-0.15, -0.1) is 0 Å². The summed E-state index contributed by atoms with van der Waals surface area (Å²) in [6.45, 7) is 7.43. The van der Waals surface area contributed by atoms with Gasteiger partial charge in [-0.05, 0) is 39.0 Å². The van der Waals surface area contributed by atoms with Crippen LogP contribution < -0.4 is 11.1 Å². The third-order valence-electron chi connectivity index (χ3n) is 2.88. The molecular formula is C14H20N4O. The highest BCUT2D eigenvalue weighted by molar-refractivity contribution is 5.91. The Bertz CT molecular complexity index is 568. The van der Waals surface area contributed by atoms with E-state index < -0.39 is 0 Å². The van der Waals surface area contributed by atoms with Crippen molar-refractivity contribution >= 4 is 22.4 Å². The Hall–Kier alpha value is -1.88. The summed E-state index contributed by atoms with van der Waals surface area (Å²) < 4.78 is 5.66. The molecule has 2 aromatic rings. The second-order valence-corrected chi connectivity index (χ2v) is 5.05. The Balaban J connectivity index is 2.23. The van der Waals surface area contributed by atoms with Crippen molar-refractivity contribution in [2.45, 2.75) is 26.4 Å². The van der Waals surface area contributed by atoms with E-state index in [9.17, 15) is 0 Å². The minimum atomic E-state index is -0.244. The second kappa shape index (κ2) is 5.40. The fourth-order valence-corrected chi connectivity index (χ4v) is 1.95. The Morgan fingerprint density at radius 1 is 1.32 bits per heavy atom. The van der Waals surface area contributed by atoms with Crippen LogP contribution >= 0.6 is 0 Å². The van der Waals surface area contributed by atoms with E-state index in [2.05, 4.69) is 15.3 Å². The van der Waals surface area contributed by atoms with Gasteiger partial charge in [0, 0.05) is 24.2 Å². The highest BCUT2D eigenvalue weighted by Crippen LogP contribution is 2.22. The van der Waals surface area contributed by atoms with Gasteiger partial charge < -0.3 is 15.8 Å². The Morgan fingerprint density at radius 3 is 2.84 bits per heavy atom. The predicted octanol–water partition coefficient (Wildman–Crippen LogP) is 2.44. The van der Waals surface area contributed by atoms with Crippen LogP contribution in [0.4, 0.5) is 11.5 Å². The summed E-state index contributed by atoms with van der Waals surface area (Å²) >= 11 is 0. The molecule has 0 fully saturated rings. The minimum absolute atomic E-state index is 0.244. The third-order valence-corrected chi connectivity index (χ3v) is 2.88. The Morgan fingerprint density at radius 2 is 2.11 bits per heavy atom. The number of nitrogen functional groups attached to an aromatic ring is 1. The monoisotopic (exact) mass is 260 g/mol. The van der Waals surface area contributed by atoms with Crippen molar-refractivity contribution in [1.82, 2.24) is 9.97 Å². The molecular weight excluding hydrogens is 240 g/mol. The first-order valence-electron chi connectivity index (χ1n) is 6.40. The second-order valence-electron chi connectivity index (χ2n) is 5.05. The number of benzene rings is 1. The SMILES string of the molecule is CCOC(C)(C)CNc1ncnc2ccc(N)cc12. The summed E-state index contributed by atoms with van der Waals surface area (Å²) in [6.07, 6.45) is 1.55. The first-order valence-corrected chi connectivity index (χ1v) is 6.40. The van der Waals surface area contributed by atoms with E-state index in [1.165, 1.54) is 0 Å². The van der Waals surface area contributed by atoms with Gasteiger partial charge in [0.25, 0.3) is 0 Å². The van der Waals surface area contributed by atoms with Gasteiger partial charge in [-0.2, -0.15) is 0 Å². The number of hydrogen-bond donors (Lipinski definition) is 2. The summed E-state index contributed by atoms with van der Waals surface area (Å²) in [4.78, 5) is 8.50. The first-order chi connectivity index (χ1) is 9.02. The quantitative estimate of drug-likeness (QED) is 0.808. The number of anilines is 2. The van der Waals surface area contributed by atoms with Gasteiger partial charge in [0.2, 0.25) is 0 Å². The molecule has 5 heteroatoms. The molecule has 0 atom stereocenters. The number of nitrogens with one attached hydrogen (secondary N) is 1. The third kappa shape index (κ3) is 3.32. The van der Waals surface area contributed by atoms with Crippen LogP contribution in [0, 0.1) is 0 Å². The number of fused-ring (bicyclic) bond motifs is 1. The van der Waals surface area contributed by atoms with E-state index in [4.69, 9.17) is 10.5 Å². The fraction of sp³-hybridized carbons (Fsp3) is 0.429. The minimum Gasteiger partial charge on any atom is -0.399 e. The van der Waals surface area contributed by atoms with E-state index in [1.807, 2.05) is 39.0 Å². The molecule has 102 valence electrons. The van der Waals surface area contributed by atoms with Crippen LogP contribution in [0.5, 0.6) is 0 Å². The van der Waals surface area contributed by atoms with Crippen molar-refractivity contribution in [2.75, 3.05) is 24.2 Å². The maximum atomic E-state index is 5.81. The average Bonchev–Trinajstić information content (AvgIpc) is 2.36. The van der Waals surface area contributed by atoms with Crippen molar-refractivity contribution < 1.29 is 4.74 Å². The molecule has 1 heterocycles. The van der Waals surface area contributed by atoms with Crippen LogP contribution in [0.3, 0.4) is 0 Å². The molecule has 0 unspecified atom stereocenters. The summed E-state index contributed by atoms with van der Waals surface area (Å²) in [5.74, 6) is 0.782. The van der Waals surface area contributed by atoms with Crippen LogP contribution in [0.15, 0.2) is 24.5 Å². The predicted molar refractivity (Wildman–Crippen MR) is 78.1 cm³/mol. The standard InChI is InChI=1S/C14H20N4O/c1-4-19-14(2,3)8-16-13-11-7-10(15)5-6-12(11)17-9-18-13/h5-7,9H,4,8,15H2,1-3H3,(H,16,17,18). The van der Waals surface area contributed by atoms with Gasteiger partial charge in [-0.1, -0.05) is 0 Å². The van der Waals surface area contributed by atoms with E-state index in [-0.39, 0.29) is 5.60 Å². The smallest absolute Gasteiger partial charge is 0.137 e. The number of rotatable bonds is 5. The normalized spacial score (nSPS) is 11.7. The molecule has 0 bridgehead atoms. The van der Waals surface area contributed by atoms with E-state index >= 15 is 0 Å². The van der Waals surface area contributed by atoms with Gasteiger partial charge in [0.15, 0.2) is 0 Å². The van der Waals surface area contributed by atoms with E-state index in [1.54, 1.807) is 6.33 Å².